The lowest BCUT2D eigenvalue weighted by atomic mass is 10.2. The molecular weight excluding hydrogens is 309 g/mol. The Balaban J connectivity index is 1.82. The van der Waals surface area contributed by atoms with Crippen LogP contribution in [0.5, 0.6) is 0 Å². The van der Waals surface area contributed by atoms with E-state index in [9.17, 15) is 14.0 Å². The number of amides is 2. The van der Waals surface area contributed by atoms with Crippen LogP contribution in [0, 0.1) is 5.82 Å². The Kier molecular flexibility index (Phi) is 4.04. The first-order chi connectivity index (χ1) is 11.4. The highest BCUT2D eigenvalue weighted by atomic mass is 19.1. The molecule has 0 aliphatic heterocycles. The van der Waals surface area contributed by atoms with E-state index in [-0.39, 0.29) is 17.6 Å². The second-order valence-corrected chi connectivity index (χ2v) is 5.50. The number of carbonyl (C=O) groups is 2. The van der Waals surface area contributed by atoms with Gasteiger partial charge in [-0.3, -0.25) is 9.59 Å². The number of aromatic nitrogens is 1. The molecule has 0 bridgehead atoms. The fourth-order valence-electron chi connectivity index (χ4n) is 2.56. The Labute approximate surface area is 138 Å². The number of nitrogens with one attached hydrogen (secondary N) is 2. The summed E-state index contributed by atoms with van der Waals surface area (Å²) < 4.78 is 15.0. The van der Waals surface area contributed by atoms with Gasteiger partial charge in [0.05, 0.1) is 5.52 Å². The number of halogens is 1. The normalized spacial score (nSPS) is 10.6. The molecule has 0 spiro atoms. The zero-order chi connectivity index (χ0) is 17.3. The third kappa shape index (κ3) is 3.12. The summed E-state index contributed by atoms with van der Waals surface area (Å²) in [6, 6.07) is 12.9. The largest absolute Gasteiger partial charge is 0.340 e. The van der Waals surface area contributed by atoms with Gasteiger partial charge >= 0.3 is 0 Å². The molecule has 6 heteroatoms. The third-order valence-electron chi connectivity index (χ3n) is 3.70. The summed E-state index contributed by atoms with van der Waals surface area (Å²) in [7, 11) is 1.72. The Morgan fingerprint density at radius 3 is 2.21 bits per heavy atom. The standard InChI is InChI=1S/C18H16FN3O2/c1-11(23)20-14-5-7-15(8-6-14)21-18(24)17-9-12-3-4-13(19)10-16(12)22(17)2/h3-10H,1-2H3,(H,20,23)(H,21,24). The van der Waals surface area contributed by atoms with Crippen LogP contribution in [0.25, 0.3) is 10.9 Å². The maximum absolute atomic E-state index is 13.4. The highest BCUT2D eigenvalue weighted by Gasteiger charge is 2.14. The summed E-state index contributed by atoms with van der Waals surface area (Å²) in [6.45, 7) is 1.43. The molecule has 24 heavy (non-hydrogen) atoms. The molecule has 0 unspecified atom stereocenters. The van der Waals surface area contributed by atoms with Crippen molar-refractivity contribution in [2.75, 3.05) is 10.6 Å². The number of anilines is 2. The average Bonchev–Trinajstić information content (AvgIpc) is 2.86. The zero-order valence-corrected chi connectivity index (χ0v) is 13.3. The molecule has 1 aromatic heterocycles. The zero-order valence-electron chi connectivity index (χ0n) is 13.3. The highest BCUT2D eigenvalue weighted by molar-refractivity contribution is 6.06. The summed E-state index contributed by atoms with van der Waals surface area (Å²) in [5, 5.41) is 6.24. The molecule has 5 nitrogen and oxygen atoms in total. The maximum Gasteiger partial charge on any atom is 0.272 e. The van der Waals surface area contributed by atoms with Crippen LogP contribution in [0.15, 0.2) is 48.5 Å². The van der Waals surface area contributed by atoms with E-state index in [4.69, 9.17) is 0 Å². The number of hydrogen-bond acceptors (Lipinski definition) is 2. The molecule has 0 fully saturated rings. The predicted octanol–water partition coefficient (Wildman–Crippen LogP) is 3.53. The molecule has 1 heterocycles. The second kappa shape index (κ2) is 6.16. The summed E-state index contributed by atoms with van der Waals surface area (Å²) in [4.78, 5) is 23.5. The van der Waals surface area contributed by atoms with Crippen molar-refractivity contribution in [2.45, 2.75) is 6.92 Å². The maximum atomic E-state index is 13.4. The van der Waals surface area contributed by atoms with Gasteiger partial charge in [0.25, 0.3) is 5.91 Å². The number of fused-ring (bicyclic) bond motifs is 1. The topological polar surface area (TPSA) is 63.1 Å². The number of nitrogens with zero attached hydrogens (tertiary/aromatic N) is 1. The molecule has 0 aliphatic carbocycles. The molecule has 2 aromatic carbocycles. The fourth-order valence-corrected chi connectivity index (χ4v) is 2.56. The van der Waals surface area contributed by atoms with Gasteiger partial charge in [-0.2, -0.15) is 0 Å². The van der Waals surface area contributed by atoms with Crippen LogP contribution < -0.4 is 10.6 Å². The van der Waals surface area contributed by atoms with Crippen LogP contribution in [-0.4, -0.2) is 16.4 Å². The van der Waals surface area contributed by atoms with Crippen molar-refractivity contribution in [3.8, 4) is 0 Å². The molecule has 0 atom stereocenters. The van der Waals surface area contributed by atoms with E-state index >= 15 is 0 Å². The lowest BCUT2D eigenvalue weighted by Gasteiger charge is -2.08. The molecule has 3 rings (SSSR count). The monoisotopic (exact) mass is 325 g/mol. The molecule has 3 aromatic rings. The Morgan fingerprint density at radius 2 is 1.58 bits per heavy atom. The van der Waals surface area contributed by atoms with E-state index in [2.05, 4.69) is 10.6 Å². The van der Waals surface area contributed by atoms with Crippen LogP contribution in [0.2, 0.25) is 0 Å². The molecular formula is C18H16FN3O2. The molecule has 2 amide bonds. The van der Waals surface area contributed by atoms with Gasteiger partial charge in [0.2, 0.25) is 5.91 Å². The van der Waals surface area contributed by atoms with Crippen LogP contribution in [0.3, 0.4) is 0 Å². The van der Waals surface area contributed by atoms with Crippen molar-refractivity contribution in [2.24, 2.45) is 7.05 Å². The molecule has 0 saturated carbocycles. The number of benzene rings is 2. The van der Waals surface area contributed by atoms with E-state index in [1.807, 2.05) is 0 Å². The lowest BCUT2D eigenvalue weighted by Crippen LogP contribution is -2.15. The van der Waals surface area contributed by atoms with Gasteiger partial charge in [0, 0.05) is 30.7 Å². The van der Waals surface area contributed by atoms with Crippen molar-refractivity contribution in [1.82, 2.24) is 4.57 Å². The molecule has 0 saturated heterocycles. The Bertz CT molecular complexity index is 929. The van der Waals surface area contributed by atoms with Crippen molar-refractivity contribution < 1.29 is 14.0 Å². The SMILES string of the molecule is CC(=O)Nc1ccc(NC(=O)c2cc3ccc(F)cc3n2C)cc1. The predicted molar refractivity (Wildman–Crippen MR) is 91.6 cm³/mol. The number of rotatable bonds is 3. The highest BCUT2D eigenvalue weighted by Crippen LogP contribution is 2.21. The Hall–Kier alpha value is -3.15. The smallest absolute Gasteiger partial charge is 0.272 e. The van der Waals surface area contributed by atoms with Gasteiger partial charge in [-0.1, -0.05) is 0 Å². The fraction of sp³-hybridized carbons (Fsp3) is 0.111. The first-order valence-corrected chi connectivity index (χ1v) is 7.38. The summed E-state index contributed by atoms with van der Waals surface area (Å²) in [5.74, 6) is -0.792. The Morgan fingerprint density at radius 1 is 0.958 bits per heavy atom. The average molecular weight is 325 g/mol. The third-order valence-corrected chi connectivity index (χ3v) is 3.70. The van der Waals surface area contributed by atoms with E-state index in [1.54, 1.807) is 48.0 Å². The summed E-state index contributed by atoms with van der Waals surface area (Å²) >= 11 is 0. The van der Waals surface area contributed by atoms with Crippen molar-refractivity contribution in [1.29, 1.82) is 0 Å². The van der Waals surface area contributed by atoms with Gasteiger partial charge in [0.1, 0.15) is 11.5 Å². The van der Waals surface area contributed by atoms with Crippen molar-refractivity contribution >= 4 is 34.1 Å². The number of hydrogen-bond donors (Lipinski definition) is 2. The molecule has 2 N–H and O–H groups in total. The molecule has 0 aliphatic rings. The number of aryl methyl sites for hydroxylation is 1. The molecule has 122 valence electrons. The van der Waals surface area contributed by atoms with Crippen LogP contribution in [-0.2, 0) is 11.8 Å². The molecule has 0 radical (unpaired) electrons. The van der Waals surface area contributed by atoms with Crippen LogP contribution in [0.1, 0.15) is 17.4 Å². The number of carbonyl (C=O) groups excluding carboxylic acids is 2. The first kappa shape index (κ1) is 15.7. The first-order valence-electron chi connectivity index (χ1n) is 7.38. The van der Waals surface area contributed by atoms with E-state index < -0.39 is 0 Å². The minimum Gasteiger partial charge on any atom is -0.340 e. The minimum absolute atomic E-state index is 0.158. The van der Waals surface area contributed by atoms with Crippen LogP contribution in [0.4, 0.5) is 15.8 Å². The lowest BCUT2D eigenvalue weighted by molar-refractivity contribution is -0.114. The van der Waals surface area contributed by atoms with Gasteiger partial charge in [0.15, 0.2) is 0 Å². The van der Waals surface area contributed by atoms with Gasteiger partial charge in [-0.15, -0.1) is 0 Å². The van der Waals surface area contributed by atoms with Crippen LogP contribution >= 0.6 is 0 Å². The summed E-state index contributed by atoms with van der Waals surface area (Å²) in [6.07, 6.45) is 0. The minimum atomic E-state index is -0.343. The second-order valence-electron chi connectivity index (χ2n) is 5.50. The van der Waals surface area contributed by atoms with Gasteiger partial charge in [-0.25, -0.2) is 4.39 Å². The van der Waals surface area contributed by atoms with Gasteiger partial charge in [-0.05, 0) is 48.5 Å². The van der Waals surface area contributed by atoms with E-state index in [0.717, 1.165) is 5.39 Å². The van der Waals surface area contributed by atoms with E-state index in [1.165, 1.54) is 19.1 Å². The van der Waals surface area contributed by atoms with Crippen molar-refractivity contribution in [3.63, 3.8) is 0 Å². The van der Waals surface area contributed by atoms with Gasteiger partial charge < -0.3 is 15.2 Å². The quantitative estimate of drug-likeness (QED) is 0.774. The van der Waals surface area contributed by atoms with Crippen molar-refractivity contribution in [3.05, 3.63) is 60.0 Å². The van der Waals surface area contributed by atoms with E-state index in [0.29, 0.717) is 22.6 Å². The summed E-state index contributed by atoms with van der Waals surface area (Å²) in [5.41, 5.74) is 2.34.